The molecule has 5 nitrogen and oxygen atoms in total. The summed E-state index contributed by atoms with van der Waals surface area (Å²) < 4.78 is 1.68. The first-order valence-corrected chi connectivity index (χ1v) is 8.30. The van der Waals surface area contributed by atoms with E-state index in [9.17, 15) is 10.2 Å². The van der Waals surface area contributed by atoms with Gasteiger partial charge in [-0.3, -0.25) is 4.99 Å². The fourth-order valence-corrected chi connectivity index (χ4v) is 3.16. The smallest absolute Gasteiger partial charge is 0.205 e. The zero-order chi connectivity index (χ0) is 17.1. The van der Waals surface area contributed by atoms with Crippen molar-refractivity contribution in [3.05, 3.63) is 63.2 Å². The molecule has 7 heteroatoms. The average Bonchev–Trinajstić information content (AvgIpc) is 2.97. The molecule has 0 spiro atoms. The lowest BCUT2D eigenvalue weighted by atomic mass is 10.2. The van der Waals surface area contributed by atoms with Crippen LogP contribution in [-0.2, 0) is 0 Å². The molecule has 0 aliphatic rings. The third-order valence-electron chi connectivity index (χ3n) is 3.32. The first kappa shape index (κ1) is 16.3. The topological polar surface area (TPSA) is 70.1 Å². The molecule has 122 valence electrons. The molecule has 0 bridgehead atoms. The van der Waals surface area contributed by atoms with Crippen molar-refractivity contribution in [2.75, 3.05) is 7.05 Å². The molecular weight excluding hydrogens is 346 g/mol. The van der Waals surface area contributed by atoms with Crippen molar-refractivity contribution in [1.29, 1.82) is 0 Å². The predicted molar refractivity (Wildman–Crippen MR) is 97.0 cm³/mol. The van der Waals surface area contributed by atoms with Gasteiger partial charge < -0.3 is 10.2 Å². The number of benzene rings is 2. The molecule has 0 saturated carbocycles. The maximum absolute atomic E-state index is 9.87. The minimum Gasteiger partial charge on any atom is -0.508 e. The highest BCUT2D eigenvalue weighted by atomic mass is 35.5. The second-order valence-corrected chi connectivity index (χ2v) is 6.21. The highest BCUT2D eigenvalue weighted by Gasteiger charge is 2.08. The van der Waals surface area contributed by atoms with Gasteiger partial charge in [0.25, 0.3) is 0 Å². The van der Waals surface area contributed by atoms with Crippen LogP contribution in [0.15, 0.2) is 57.9 Å². The van der Waals surface area contributed by atoms with Crippen molar-refractivity contribution in [2.24, 2.45) is 10.1 Å². The van der Waals surface area contributed by atoms with E-state index in [1.807, 2.05) is 29.6 Å². The Labute approximate surface area is 147 Å². The molecule has 3 rings (SSSR count). The highest BCUT2D eigenvalue weighted by Crippen LogP contribution is 2.24. The number of nitrogens with zero attached hydrogens (tertiary/aromatic N) is 3. The van der Waals surface area contributed by atoms with Crippen LogP contribution in [0.4, 0.5) is 0 Å². The van der Waals surface area contributed by atoms with Gasteiger partial charge in [-0.2, -0.15) is 5.10 Å². The standard InChI is InChI=1S/C17H14ClN3O2S/c1-19-17-21(20-9-12-5-6-14(22)8-16(12)23)15(10-24-17)11-3-2-4-13(18)7-11/h2-10,22-23H,1H3. The Balaban J connectivity index is 2.07. The second kappa shape index (κ2) is 6.90. The third-order valence-corrected chi connectivity index (χ3v) is 4.47. The first-order valence-electron chi connectivity index (χ1n) is 7.04. The number of aromatic nitrogens is 1. The number of aromatic hydroxyl groups is 2. The summed E-state index contributed by atoms with van der Waals surface area (Å²) in [5.41, 5.74) is 2.25. The molecule has 24 heavy (non-hydrogen) atoms. The van der Waals surface area contributed by atoms with Crippen molar-refractivity contribution < 1.29 is 10.2 Å². The van der Waals surface area contributed by atoms with E-state index in [1.54, 1.807) is 17.8 Å². The summed E-state index contributed by atoms with van der Waals surface area (Å²) in [5, 5.41) is 26.2. The van der Waals surface area contributed by atoms with Gasteiger partial charge in [0.2, 0.25) is 4.80 Å². The summed E-state index contributed by atoms with van der Waals surface area (Å²) in [6.45, 7) is 0. The molecular formula is C17H14ClN3O2S. The van der Waals surface area contributed by atoms with Crippen molar-refractivity contribution in [2.45, 2.75) is 0 Å². The third kappa shape index (κ3) is 3.34. The molecule has 0 aliphatic heterocycles. The van der Waals surface area contributed by atoms with Crippen molar-refractivity contribution in [3.8, 4) is 22.8 Å². The quantitative estimate of drug-likeness (QED) is 0.700. The van der Waals surface area contributed by atoms with Gasteiger partial charge in [-0.15, -0.1) is 11.3 Å². The van der Waals surface area contributed by atoms with Crippen molar-refractivity contribution in [3.63, 3.8) is 0 Å². The summed E-state index contributed by atoms with van der Waals surface area (Å²) in [6.07, 6.45) is 1.52. The summed E-state index contributed by atoms with van der Waals surface area (Å²) in [4.78, 5) is 4.93. The zero-order valence-electron chi connectivity index (χ0n) is 12.7. The number of thiazole rings is 1. The fourth-order valence-electron chi connectivity index (χ4n) is 2.17. The lowest BCUT2D eigenvalue weighted by Crippen LogP contribution is -2.11. The molecule has 0 fully saturated rings. The summed E-state index contributed by atoms with van der Waals surface area (Å²) in [7, 11) is 1.69. The SMILES string of the molecule is CN=c1scc(-c2cccc(Cl)c2)n1N=Cc1ccc(O)cc1O. The number of rotatable bonds is 3. The number of hydrogen-bond acceptors (Lipinski definition) is 5. The van der Waals surface area contributed by atoms with Crippen LogP contribution >= 0.6 is 22.9 Å². The van der Waals surface area contributed by atoms with Crippen LogP contribution in [0.25, 0.3) is 11.3 Å². The van der Waals surface area contributed by atoms with E-state index in [1.165, 1.54) is 29.7 Å². The van der Waals surface area contributed by atoms with E-state index in [4.69, 9.17) is 11.6 Å². The number of phenols is 2. The molecule has 1 aromatic heterocycles. The molecule has 0 amide bonds. The zero-order valence-corrected chi connectivity index (χ0v) is 14.3. The fraction of sp³-hybridized carbons (Fsp3) is 0.0588. The monoisotopic (exact) mass is 359 g/mol. The van der Waals surface area contributed by atoms with Gasteiger partial charge in [-0.25, -0.2) is 4.68 Å². The minimum atomic E-state index is -0.0473. The molecule has 0 radical (unpaired) electrons. The highest BCUT2D eigenvalue weighted by molar-refractivity contribution is 7.07. The van der Waals surface area contributed by atoms with Gasteiger partial charge in [0, 0.05) is 34.6 Å². The van der Waals surface area contributed by atoms with Crippen molar-refractivity contribution >= 4 is 29.2 Å². The molecule has 1 heterocycles. The van der Waals surface area contributed by atoms with Gasteiger partial charge in [-0.05, 0) is 24.3 Å². The van der Waals surface area contributed by atoms with Gasteiger partial charge in [0.05, 0.1) is 11.9 Å². The molecule has 2 N–H and O–H groups in total. The van der Waals surface area contributed by atoms with Crippen LogP contribution in [0.2, 0.25) is 5.02 Å². The Morgan fingerprint density at radius 3 is 2.71 bits per heavy atom. The number of halogens is 1. The van der Waals surface area contributed by atoms with Gasteiger partial charge in [0.1, 0.15) is 11.5 Å². The molecule has 3 aromatic rings. The molecule has 0 atom stereocenters. The Hall–Kier alpha value is -2.57. The number of phenolic OH excluding ortho intramolecular Hbond substituents is 2. The predicted octanol–water partition coefficient (Wildman–Crippen LogP) is 3.69. The van der Waals surface area contributed by atoms with Crippen LogP contribution < -0.4 is 4.80 Å². The van der Waals surface area contributed by atoms with Gasteiger partial charge in [-0.1, -0.05) is 23.7 Å². The minimum absolute atomic E-state index is 0.00306. The lowest BCUT2D eigenvalue weighted by Gasteiger charge is -2.04. The maximum atomic E-state index is 9.87. The Morgan fingerprint density at radius 1 is 1.17 bits per heavy atom. The molecule has 2 aromatic carbocycles. The Kier molecular flexibility index (Phi) is 4.69. The van der Waals surface area contributed by atoms with E-state index >= 15 is 0 Å². The van der Waals surface area contributed by atoms with Crippen LogP contribution in [0.1, 0.15) is 5.56 Å². The van der Waals surface area contributed by atoms with Gasteiger partial charge in [0.15, 0.2) is 0 Å². The van der Waals surface area contributed by atoms with Crippen molar-refractivity contribution in [1.82, 2.24) is 4.68 Å². The number of hydrogen-bond donors (Lipinski definition) is 2. The van der Waals surface area contributed by atoms with Crippen LogP contribution in [0, 0.1) is 0 Å². The largest absolute Gasteiger partial charge is 0.508 e. The maximum Gasteiger partial charge on any atom is 0.205 e. The van der Waals surface area contributed by atoms with Gasteiger partial charge >= 0.3 is 0 Å². The lowest BCUT2D eigenvalue weighted by molar-refractivity contribution is 0.450. The second-order valence-electron chi connectivity index (χ2n) is 4.94. The Morgan fingerprint density at radius 2 is 2.00 bits per heavy atom. The first-order chi connectivity index (χ1) is 11.6. The summed E-state index contributed by atoms with van der Waals surface area (Å²) >= 11 is 7.53. The summed E-state index contributed by atoms with van der Waals surface area (Å²) in [6, 6.07) is 11.8. The van der Waals surface area contributed by atoms with E-state index in [0.29, 0.717) is 15.4 Å². The molecule has 0 unspecified atom stereocenters. The van der Waals surface area contributed by atoms with E-state index in [-0.39, 0.29) is 11.5 Å². The molecule has 0 aliphatic carbocycles. The van der Waals surface area contributed by atoms with E-state index < -0.39 is 0 Å². The van der Waals surface area contributed by atoms with E-state index in [2.05, 4.69) is 10.1 Å². The van der Waals surface area contributed by atoms with E-state index in [0.717, 1.165) is 11.3 Å². The normalized spacial score (nSPS) is 12.2. The molecule has 0 saturated heterocycles. The Bertz CT molecular complexity index is 976. The summed E-state index contributed by atoms with van der Waals surface area (Å²) in [5.74, 6) is -0.0504. The van der Waals surface area contributed by atoms with Crippen LogP contribution in [-0.4, -0.2) is 28.2 Å². The average molecular weight is 360 g/mol. The van der Waals surface area contributed by atoms with Crippen LogP contribution in [0.5, 0.6) is 11.5 Å². The van der Waals surface area contributed by atoms with Crippen LogP contribution in [0.3, 0.4) is 0 Å².